The molecule has 1 aromatic rings. The first-order chi connectivity index (χ1) is 10.5. The van der Waals surface area contributed by atoms with E-state index in [1.807, 2.05) is 24.1 Å². The number of rotatable bonds is 2. The lowest BCUT2D eigenvalue weighted by Gasteiger charge is -2.32. The van der Waals surface area contributed by atoms with E-state index in [4.69, 9.17) is 0 Å². The number of anilines is 1. The number of piperazine rings is 1. The zero-order chi connectivity index (χ0) is 15.7. The summed E-state index contributed by atoms with van der Waals surface area (Å²) >= 11 is 0. The number of aryl methyl sites for hydroxylation is 1. The van der Waals surface area contributed by atoms with Crippen LogP contribution >= 0.6 is 0 Å². The summed E-state index contributed by atoms with van der Waals surface area (Å²) in [6.07, 6.45) is 1.78. The Balaban J connectivity index is 1.68. The van der Waals surface area contributed by atoms with E-state index >= 15 is 0 Å². The van der Waals surface area contributed by atoms with Crippen molar-refractivity contribution in [3.8, 4) is 0 Å². The van der Waals surface area contributed by atoms with Crippen LogP contribution in [0, 0.1) is 0 Å². The minimum Gasteiger partial charge on any atom is -0.340 e. The van der Waals surface area contributed by atoms with Gasteiger partial charge >= 0.3 is 0 Å². The molecule has 1 aromatic carbocycles. The van der Waals surface area contributed by atoms with Crippen LogP contribution in [-0.4, -0.2) is 61.9 Å². The first-order valence-electron chi connectivity index (χ1n) is 7.89. The average molecular weight is 301 g/mol. The number of fused-ring (bicyclic) bond motifs is 1. The highest BCUT2D eigenvalue weighted by Gasteiger charge is 2.22. The number of carbonyl (C=O) groups is 2. The van der Waals surface area contributed by atoms with Crippen molar-refractivity contribution in [2.45, 2.75) is 19.3 Å². The number of likely N-dealkylation sites (N-methyl/N-ethyl adjacent to an activating group) is 1. The zero-order valence-electron chi connectivity index (χ0n) is 13.3. The molecule has 5 heteroatoms. The maximum atomic E-state index is 12.4. The SMILES string of the molecule is CN1CCN(C(=O)Cc2ccc3c(c2)CCC(=O)N3C)CC1. The van der Waals surface area contributed by atoms with Crippen molar-refractivity contribution in [1.29, 1.82) is 0 Å². The molecule has 2 heterocycles. The highest BCUT2D eigenvalue weighted by molar-refractivity contribution is 5.96. The molecule has 0 radical (unpaired) electrons. The Bertz CT molecular complexity index is 592. The van der Waals surface area contributed by atoms with Crippen molar-refractivity contribution < 1.29 is 9.59 Å². The molecule has 2 aliphatic rings. The van der Waals surface area contributed by atoms with Gasteiger partial charge in [0.25, 0.3) is 0 Å². The smallest absolute Gasteiger partial charge is 0.227 e. The average Bonchev–Trinajstić information content (AvgIpc) is 2.51. The number of hydrogen-bond acceptors (Lipinski definition) is 3. The van der Waals surface area contributed by atoms with Crippen LogP contribution < -0.4 is 4.90 Å². The van der Waals surface area contributed by atoms with E-state index in [1.54, 1.807) is 4.90 Å². The molecule has 2 amide bonds. The monoisotopic (exact) mass is 301 g/mol. The molecule has 2 aliphatic heterocycles. The molecule has 0 bridgehead atoms. The van der Waals surface area contributed by atoms with Crippen LogP contribution in [-0.2, 0) is 22.4 Å². The van der Waals surface area contributed by atoms with Gasteiger partial charge in [0.15, 0.2) is 0 Å². The summed E-state index contributed by atoms with van der Waals surface area (Å²) in [5.41, 5.74) is 3.20. The molecule has 1 fully saturated rings. The van der Waals surface area contributed by atoms with E-state index < -0.39 is 0 Å². The van der Waals surface area contributed by atoms with Crippen LogP contribution in [0.3, 0.4) is 0 Å². The molecule has 0 unspecified atom stereocenters. The first kappa shape index (κ1) is 15.0. The topological polar surface area (TPSA) is 43.9 Å². The molecular formula is C17H23N3O2. The van der Waals surface area contributed by atoms with E-state index in [0.29, 0.717) is 12.8 Å². The van der Waals surface area contributed by atoms with Crippen molar-refractivity contribution >= 4 is 17.5 Å². The Kier molecular flexibility index (Phi) is 4.16. The molecule has 118 valence electrons. The van der Waals surface area contributed by atoms with Gasteiger partial charge in [-0.15, -0.1) is 0 Å². The molecule has 0 spiro atoms. The maximum Gasteiger partial charge on any atom is 0.227 e. The summed E-state index contributed by atoms with van der Waals surface area (Å²) < 4.78 is 0. The lowest BCUT2D eigenvalue weighted by Crippen LogP contribution is -2.47. The third kappa shape index (κ3) is 2.99. The summed E-state index contributed by atoms with van der Waals surface area (Å²) in [5, 5.41) is 0. The van der Waals surface area contributed by atoms with Crippen LogP contribution in [0.5, 0.6) is 0 Å². The van der Waals surface area contributed by atoms with E-state index in [9.17, 15) is 9.59 Å². The number of amides is 2. The highest BCUT2D eigenvalue weighted by atomic mass is 16.2. The summed E-state index contributed by atoms with van der Waals surface area (Å²) in [5.74, 6) is 0.363. The van der Waals surface area contributed by atoms with Gasteiger partial charge in [0, 0.05) is 45.3 Å². The van der Waals surface area contributed by atoms with Gasteiger partial charge in [-0.3, -0.25) is 9.59 Å². The quantitative estimate of drug-likeness (QED) is 0.815. The van der Waals surface area contributed by atoms with Gasteiger partial charge in [0.05, 0.1) is 6.42 Å². The van der Waals surface area contributed by atoms with Gasteiger partial charge in [0.2, 0.25) is 11.8 Å². The molecule has 3 rings (SSSR count). The molecule has 0 atom stereocenters. The fraction of sp³-hybridized carbons (Fsp3) is 0.529. The van der Waals surface area contributed by atoms with Crippen LogP contribution in [0.4, 0.5) is 5.69 Å². The standard InChI is InChI=1S/C17H23N3O2/c1-18-7-9-20(10-8-18)17(22)12-13-3-5-15-14(11-13)4-6-16(21)19(15)2/h3,5,11H,4,6-10,12H2,1-2H3. The van der Waals surface area contributed by atoms with Crippen LogP contribution in [0.15, 0.2) is 18.2 Å². The minimum atomic E-state index is 0.161. The number of hydrogen-bond donors (Lipinski definition) is 0. The predicted octanol–water partition coefficient (Wildman–Crippen LogP) is 0.912. The normalized spacial score (nSPS) is 19.3. The number of benzene rings is 1. The third-order valence-electron chi connectivity index (χ3n) is 4.70. The van der Waals surface area contributed by atoms with Crippen molar-refractivity contribution in [3.63, 3.8) is 0 Å². The van der Waals surface area contributed by atoms with E-state index in [2.05, 4.69) is 18.0 Å². The molecule has 22 heavy (non-hydrogen) atoms. The Morgan fingerprint density at radius 3 is 2.55 bits per heavy atom. The fourth-order valence-corrected chi connectivity index (χ4v) is 3.16. The van der Waals surface area contributed by atoms with Gasteiger partial charge in [-0.25, -0.2) is 0 Å². The largest absolute Gasteiger partial charge is 0.340 e. The van der Waals surface area contributed by atoms with Gasteiger partial charge in [-0.1, -0.05) is 12.1 Å². The van der Waals surface area contributed by atoms with Crippen LogP contribution in [0.25, 0.3) is 0 Å². The Hall–Kier alpha value is -1.88. The van der Waals surface area contributed by atoms with E-state index in [1.165, 1.54) is 5.56 Å². The van der Waals surface area contributed by atoms with Gasteiger partial charge in [-0.05, 0) is 30.7 Å². The summed E-state index contributed by atoms with van der Waals surface area (Å²) in [6.45, 7) is 3.53. The summed E-state index contributed by atoms with van der Waals surface area (Å²) in [4.78, 5) is 30.0. The highest BCUT2D eigenvalue weighted by Crippen LogP contribution is 2.27. The van der Waals surface area contributed by atoms with Crippen LogP contribution in [0.2, 0.25) is 0 Å². The molecular weight excluding hydrogens is 278 g/mol. The summed E-state index contributed by atoms with van der Waals surface area (Å²) in [7, 11) is 3.90. The molecule has 0 saturated carbocycles. The van der Waals surface area contributed by atoms with Crippen molar-refractivity contribution in [3.05, 3.63) is 29.3 Å². The molecule has 0 aromatic heterocycles. The second-order valence-corrected chi connectivity index (χ2v) is 6.28. The summed E-state index contributed by atoms with van der Waals surface area (Å²) in [6, 6.07) is 6.03. The molecule has 1 saturated heterocycles. The van der Waals surface area contributed by atoms with E-state index in [-0.39, 0.29) is 11.8 Å². The maximum absolute atomic E-state index is 12.4. The first-order valence-corrected chi connectivity index (χ1v) is 7.89. The van der Waals surface area contributed by atoms with Gasteiger partial charge in [-0.2, -0.15) is 0 Å². The molecule has 0 aliphatic carbocycles. The van der Waals surface area contributed by atoms with Crippen molar-refractivity contribution in [1.82, 2.24) is 9.80 Å². The number of nitrogens with zero attached hydrogens (tertiary/aromatic N) is 3. The second-order valence-electron chi connectivity index (χ2n) is 6.28. The van der Waals surface area contributed by atoms with E-state index in [0.717, 1.165) is 43.9 Å². The second kappa shape index (κ2) is 6.08. The Morgan fingerprint density at radius 1 is 1.09 bits per heavy atom. The van der Waals surface area contributed by atoms with Crippen molar-refractivity contribution in [2.75, 3.05) is 45.2 Å². The predicted molar refractivity (Wildman–Crippen MR) is 86.0 cm³/mol. The Labute approximate surface area is 131 Å². The van der Waals surface area contributed by atoms with Gasteiger partial charge in [0.1, 0.15) is 0 Å². The zero-order valence-corrected chi connectivity index (χ0v) is 13.3. The van der Waals surface area contributed by atoms with Gasteiger partial charge < -0.3 is 14.7 Å². The lowest BCUT2D eigenvalue weighted by molar-refractivity contribution is -0.132. The van der Waals surface area contributed by atoms with Crippen molar-refractivity contribution in [2.24, 2.45) is 0 Å². The van der Waals surface area contributed by atoms with Crippen LogP contribution in [0.1, 0.15) is 17.5 Å². The molecule has 5 nitrogen and oxygen atoms in total. The minimum absolute atomic E-state index is 0.161. The molecule has 0 N–H and O–H groups in total. The fourth-order valence-electron chi connectivity index (χ4n) is 3.16. The third-order valence-corrected chi connectivity index (χ3v) is 4.70. The Morgan fingerprint density at radius 2 is 1.82 bits per heavy atom. The lowest BCUT2D eigenvalue weighted by atomic mass is 9.98. The number of carbonyl (C=O) groups excluding carboxylic acids is 2.